The van der Waals surface area contributed by atoms with Gasteiger partial charge in [-0.1, -0.05) is 6.07 Å². The summed E-state index contributed by atoms with van der Waals surface area (Å²) in [5.74, 6) is -1.17. The van der Waals surface area contributed by atoms with Crippen molar-refractivity contribution >= 4 is 23.6 Å². The normalized spacial score (nSPS) is 15.0. The van der Waals surface area contributed by atoms with Crippen molar-refractivity contribution in [3.63, 3.8) is 0 Å². The molecule has 3 amide bonds. The Morgan fingerprint density at radius 1 is 1.29 bits per heavy atom. The zero-order chi connectivity index (χ0) is 15.6. The molecule has 0 spiro atoms. The number of carbonyl (C=O) groups is 3. The van der Waals surface area contributed by atoms with Gasteiger partial charge >= 0.3 is 12.0 Å². The van der Waals surface area contributed by atoms with Crippen LogP contribution in [0.2, 0.25) is 0 Å². The molecular formula is C14H17N3O4. The maximum absolute atomic E-state index is 12.1. The minimum absolute atomic E-state index is 0.0278. The summed E-state index contributed by atoms with van der Waals surface area (Å²) < 4.78 is 0. The number of nitrogens with zero attached hydrogens (tertiary/aromatic N) is 2. The van der Waals surface area contributed by atoms with Crippen LogP contribution in [0.15, 0.2) is 18.2 Å². The fraction of sp³-hybridized carbons (Fsp3) is 0.357. The third kappa shape index (κ3) is 3.31. The number of aryl methyl sites for hydroxylation is 1. The molecule has 7 nitrogen and oxygen atoms in total. The van der Waals surface area contributed by atoms with Crippen LogP contribution in [0.4, 0.5) is 10.5 Å². The largest absolute Gasteiger partial charge is 0.478 e. The molecule has 1 aromatic rings. The van der Waals surface area contributed by atoms with Crippen molar-refractivity contribution in [2.75, 3.05) is 32.0 Å². The number of piperazine rings is 1. The van der Waals surface area contributed by atoms with E-state index in [1.54, 1.807) is 24.9 Å². The van der Waals surface area contributed by atoms with Crippen LogP contribution in [0.1, 0.15) is 15.9 Å². The number of rotatable bonds is 2. The Bertz CT molecular complexity index is 600. The van der Waals surface area contributed by atoms with Crippen molar-refractivity contribution in [1.29, 1.82) is 0 Å². The van der Waals surface area contributed by atoms with Gasteiger partial charge in [-0.2, -0.15) is 0 Å². The number of urea groups is 1. The van der Waals surface area contributed by atoms with E-state index in [0.29, 0.717) is 18.8 Å². The van der Waals surface area contributed by atoms with E-state index in [-0.39, 0.29) is 18.0 Å². The van der Waals surface area contributed by atoms with Gasteiger partial charge in [0.05, 0.1) is 5.56 Å². The second-order valence-electron chi connectivity index (χ2n) is 5.00. The number of anilines is 1. The molecule has 1 aromatic carbocycles. The highest BCUT2D eigenvalue weighted by Gasteiger charge is 2.25. The number of carboxylic acid groups (broad SMARTS) is 1. The highest BCUT2D eigenvalue weighted by molar-refractivity contribution is 5.95. The molecule has 0 atom stereocenters. The van der Waals surface area contributed by atoms with Gasteiger partial charge < -0.3 is 20.2 Å². The van der Waals surface area contributed by atoms with Crippen LogP contribution in [0.25, 0.3) is 0 Å². The van der Waals surface area contributed by atoms with Gasteiger partial charge in [0.15, 0.2) is 0 Å². The SMILES string of the molecule is Cc1ccc(C(=O)O)cc1NC(=O)N1CCN(C)C(=O)C1. The predicted molar refractivity (Wildman–Crippen MR) is 76.4 cm³/mol. The fourth-order valence-electron chi connectivity index (χ4n) is 2.02. The number of nitrogens with one attached hydrogen (secondary N) is 1. The molecule has 0 aromatic heterocycles. The summed E-state index contributed by atoms with van der Waals surface area (Å²) in [6.07, 6.45) is 0. The molecule has 0 saturated carbocycles. The Morgan fingerprint density at radius 2 is 2.00 bits per heavy atom. The highest BCUT2D eigenvalue weighted by atomic mass is 16.4. The molecule has 0 unspecified atom stereocenters. The summed E-state index contributed by atoms with van der Waals surface area (Å²) in [6, 6.07) is 4.12. The standard InChI is InChI=1S/C14H17N3O4/c1-9-3-4-10(13(19)20)7-11(9)15-14(21)17-6-5-16(2)12(18)8-17/h3-4,7H,5-6,8H2,1-2H3,(H,15,21)(H,19,20). The molecule has 1 heterocycles. The Morgan fingerprint density at radius 3 is 2.62 bits per heavy atom. The number of hydrogen-bond donors (Lipinski definition) is 2. The molecule has 1 saturated heterocycles. The first-order valence-corrected chi connectivity index (χ1v) is 6.52. The Balaban J connectivity index is 2.11. The van der Waals surface area contributed by atoms with Gasteiger partial charge in [-0.05, 0) is 24.6 Å². The topological polar surface area (TPSA) is 89.9 Å². The molecule has 21 heavy (non-hydrogen) atoms. The molecule has 1 fully saturated rings. The predicted octanol–water partition coefficient (Wildman–Crippen LogP) is 0.999. The van der Waals surface area contributed by atoms with Gasteiger partial charge in [-0.15, -0.1) is 0 Å². The van der Waals surface area contributed by atoms with Crippen molar-refractivity contribution in [2.45, 2.75) is 6.92 Å². The van der Waals surface area contributed by atoms with Gasteiger partial charge in [-0.3, -0.25) is 4.79 Å². The second kappa shape index (κ2) is 5.82. The van der Waals surface area contributed by atoms with Gasteiger partial charge in [0.2, 0.25) is 5.91 Å². The lowest BCUT2D eigenvalue weighted by Gasteiger charge is -2.32. The first-order valence-electron chi connectivity index (χ1n) is 6.52. The summed E-state index contributed by atoms with van der Waals surface area (Å²) in [5, 5.41) is 11.6. The van der Waals surface area contributed by atoms with E-state index in [1.807, 2.05) is 0 Å². The fourth-order valence-corrected chi connectivity index (χ4v) is 2.02. The lowest BCUT2D eigenvalue weighted by molar-refractivity contribution is -0.133. The Hall–Kier alpha value is -2.57. The lowest BCUT2D eigenvalue weighted by Crippen LogP contribution is -2.51. The van der Waals surface area contributed by atoms with Gasteiger partial charge in [0.25, 0.3) is 0 Å². The lowest BCUT2D eigenvalue weighted by atomic mass is 10.1. The number of aromatic carboxylic acids is 1. The molecule has 0 aliphatic carbocycles. The van der Waals surface area contributed by atoms with E-state index < -0.39 is 12.0 Å². The Labute approximate surface area is 122 Å². The summed E-state index contributed by atoms with van der Waals surface area (Å²) in [6.45, 7) is 2.74. The summed E-state index contributed by atoms with van der Waals surface area (Å²) in [5.41, 5.74) is 1.30. The molecule has 0 radical (unpaired) electrons. The minimum atomic E-state index is -1.06. The summed E-state index contributed by atoms with van der Waals surface area (Å²) in [4.78, 5) is 37.7. The summed E-state index contributed by atoms with van der Waals surface area (Å²) in [7, 11) is 1.69. The number of likely N-dealkylation sites (N-methyl/N-ethyl adjacent to an activating group) is 1. The molecule has 2 N–H and O–H groups in total. The van der Waals surface area contributed by atoms with Crippen LogP contribution in [0.5, 0.6) is 0 Å². The smallest absolute Gasteiger partial charge is 0.335 e. The van der Waals surface area contributed by atoms with E-state index in [1.165, 1.54) is 17.0 Å². The molecule has 1 aliphatic rings. The van der Waals surface area contributed by atoms with E-state index >= 15 is 0 Å². The first-order chi connectivity index (χ1) is 9.88. The van der Waals surface area contributed by atoms with Crippen molar-refractivity contribution in [3.05, 3.63) is 29.3 Å². The highest BCUT2D eigenvalue weighted by Crippen LogP contribution is 2.18. The zero-order valence-corrected chi connectivity index (χ0v) is 11.9. The van der Waals surface area contributed by atoms with E-state index in [9.17, 15) is 14.4 Å². The zero-order valence-electron chi connectivity index (χ0n) is 11.9. The van der Waals surface area contributed by atoms with Gasteiger partial charge in [-0.25, -0.2) is 9.59 Å². The number of benzene rings is 1. The third-order valence-corrected chi connectivity index (χ3v) is 3.47. The molecular weight excluding hydrogens is 274 g/mol. The first kappa shape index (κ1) is 14.8. The monoisotopic (exact) mass is 291 g/mol. The molecule has 7 heteroatoms. The van der Waals surface area contributed by atoms with Gasteiger partial charge in [0.1, 0.15) is 6.54 Å². The maximum atomic E-state index is 12.1. The van der Waals surface area contributed by atoms with Crippen LogP contribution in [-0.4, -0.2) is 59.5 Å². The molecule has 112 valence electrons. The van der Waals surface area contributed by atoms with Crippen molar-refractivity contribution < 1.29 is 19.5 Å². The van der Waals surface area contributed by atoms with E-state index in [4.69, 9.17) is 5.11 Å². The van der Waals surface area contributed by atoms with Crippen LogP contribution >= 0.6 is 0 Å². The number of hydrogen-bond acceptors (Lipinski definition) is 3. The number of carbonyl (C=O) groups excluding carboxylic acids is 2. The van der Waals surface area contributed by atoms with Crippen molar-refractivity contribution in [3.8, 4) is 0 Å². The molecule has 2 rings (SSSR count). The molecule has 0 bridgehead atoms. The van der Waals surface area contributed by atoms with Crippen LogP contribution in [-0.2, 0) is 4.79 Å². The maximum Gasteiger partial charge on any atom is 0.335 e. The average Bonchev–Trinajstić information content (AvgIpc) is 2.43. The number of carboxylic acids is 1. The van der Waals surface area contributed by atoms with E-state index in [0.717, 1.165) is 5.56 Å². The van der Waals surface area contributed by atoms with E-state index in [2.05, 4.69) is 5.32 Å². The van der Waals surface area contributed by atoms with Crippen molar-refractivity contribution in [1.82, 2.24) is 9.80 Å². The third-order valence-electron chi connectivity index (χ3n) is 3.47. The van der Waals surface area contributed by atoms with Gasteiger partial charge in [0, 0.05) is 25.8 Å². The summed E-state index contributed by atoms with van der Waals surface area (Å²) >= 11 is 0. The quantitative estimate of drug-likeness (QED) is 0.850. The van der Waals surface area contributed by atoms with Crippen LogP contribution in [0, 0.1) is 6.92 Å². The number of amides is 3. The minimum Gasteiger partial charge on any atom is -0.478 e. The second-order valence-corrected chi connectivity index (χ2v) is 5.00. The molecule has 1 aliphatic heterocycles. The Kier molecular flexibility index (Phi) is 4.11. The van der Waals surface area contributed by atoms with Crippen LogP contribution in [0.3, 0.4) is 0 Å². The van der Waals surface area contributed by atoms with Crippen molar-refractivity contribution in [2.24, 2.45) is 0 Å². The van der Waals surface area contributed by atoms with Crippen LogP contribution < -0.4 is 5.32 Å². The average molecular weight is 291 g/mol.